The molecular weight excluding hydrogens is 415 g/mol. The zero-order chi connectivity index (χ0) is 22.5. The van der Waals surface area contributed by atoms with Crippen molar-refractivity contribution in [3.05, 3.63) is 60.5 Å². The summed E-state index contributed by atoms with van der Waals surface area (Å²) in [7, 11) is 0. The Kier molecular flexibility index (Phi) is 6.67. The largest absolute Gasteiger partial charge is 0.367 e. The highest BCUT2D eigenvalue weighted by molar-refractivity contribution is 5.73. The van der Waals surface area contributed by atoms with Crippen LogP contribution in [0.4, 0.5) is 27.4 Å². The molecule has 0 radical (unpaired) electrons. The van der Waals surface area contributed by atoms with Gasteiger partial charge in [-0.05, 0) is 55.3 Å². The first-order chi connectivity index (χ1) is 16.2. The summed E-state index contributed by atoms with van der Waals surface area (Å²) in [6, 6.07) is 15.2. The second kappa shape index (κ2) is 10.2. The Bertz CT molecular complexity index is 1060. The van der Waals surface area contributed by atoms with Crippen LogP contribution in [0.25, 0.3) is 11.3 Å². The summed E-state index contributed by atoms with van der Waals surface area (Å²) in [6.45, 7) is 3.71. The van der Waals surface area contributed by atoms with Crippen molar-refractivity contribution >= 4 is 23.0 Å². The van der Waals surface area contributed by atoms with E-state index in [-0.39, 0.29) is 5.82 Å². The molecule has 172 valence electrons. The molecule has 1 aliphatic carbocycles. The van der Waals surface area contributed by atoms with Gasteiger partial charge >= 0.3 is 0 Å². The van der Waals surface area contributed by atoms with Gasteiger partial charge in [0.05, 0.1) is 5.69 Å². The van der Waals surface area contributed by atoms with E-state index in [4.69, 9.17) is 4.98 Å². The topological polar surface area (TPSA) is 65.1 Å². The second-order valence-corrected chi connectivity index (χ2v) is 8.88. The monoisotopic (exact) mass is 446 g/mol. The van der Waals surface area contributed by atoms with Gasteiger partial charge in [-0.3, -0.25) is 0 Å². The fourth-order valence-corrected chi connectivity index (χ4v) is 4.62. The molecule has 0 bridgehead atoms. The van der Waals surface area contributed by atoms with E-state index in [9.17, 15) is 4.39 Å². The summed E-state index contributed by atoms with van der Waals surface area (Å²) >= 11 is 0. The average Bonchev–Trinajstić information content (AvgIpc) is 2.87. The summed E-state index contributed by atoms with van der Waals surface area (Å²) in [5.74, 6) is 1.60. The van der Waals surface area contributed by atoms with Gasteiger partial charge in [0.1, 0.15) is 17.5 Å². The predicted octanol–water partition coefficient (Wildman–Crippen LogP) is 5.18. The van der Waals surface area contributed by atoms with Crippen LogP contribution in [0.2, 0.25) is 0 Å². The minimum Gasteiger partial charge on any atom is -0.367 e. The van der Waals surface area contributed by atoms with E-state index >= 15 is 0 Å². The van der Waals surface area contributed by atoms with Crippen LogP contribution in [-0.4, -0.2) is 42.2 Å². The zero-order valence-electron chi connectivity index (χ0n) is 18.9. The SMILES string of the molecule is Fc1ccc(Nc2cc(-c3ccnc(NC4CCCCC4)c3)nc(N3CCNCC3)c2)cc1. The molecule has 0 unspecified atom stereocenters. The summed E-state index contributed by atoms with van der Waals surface area (Å²) in [6.07, 6.45) is 8.15. The Hall–Kier alpha value is -3.19. The van der Waals surface area contributed by atoms with Crippen molar-refractivity contribution in [1.82, 2.24) is 15.3 Å². The lowest BCUT2D eigenvalue weighted by atomic mass is 9.95. The lowest BCUT2D eigenvalue weighted by Crippen LogP contribution is -2.43. The highest BCUT2D eigenvalue weighted by Gasteiger charge is 2.16. The molecule has 0 amide bonds. The molecular formula is C26H31FN6. The third-order valence-corrected chi connectivity index (χ3v) is 6.40. The van der Waals surface area contributed by atoms with Gasteiger partial charge in [-0.2, -0.15) is 0 Å². The molecule has 7 heteroatoms. The van der Waals surface area contributed by atoms with Gasteiger partial charge in [0, 0.05) is 61.4 Å². The summed E-state index contributed by atoms with van der Waals surface area (Å²) in [5, 5.41) is 10.4. The molecule has 3 aromatic rings. The van der Waals surface area contributed by atoms with E-state index in [1.807, 2.05) is 12.3 Å². The first-order valence-corrected chi connectivity index (χ1v) is 12.0. The summed E-state index contributed by atoms with van der Waals surface area (Å²) in [5.41, 5.74) is 3.69. The molecule has 2 aliphatic rings. The van der Waals surface area contributed by atoms with Crippen molar-refractivity contribution in [1.29, 1.82) is 0 Å². The molecule has 3 N–H and O–H groups in total. The minimum atomic E-state index is -0.243. The Morgan fingerprint density at radius 3 is 2.48 bits per heavy atom. The maximum atomic E-state index is 13.4. The number of hydrogen-bond acceptors (Lipinski definition) is 6. The number of benzene rings is 1. The maximum absolute atomic E-state index is 13.4. The summed E-state index contributed by atoms with van der Waals surface area (Å²) < 4.78 is 13.4. The molecule has 5 rings (SSSR count). The predicted molar refractivity (Wildman–Crippen MR) is 133 cm³/mol. The van der Waals surface area contributed by atoms with E-state index in [0.717, 1.165) is 60.4 Å². The normalized spacial score (nSPS) is 17.1. The summed E-state index contributed by atoms with van der Waals surface area (Å²) in [4.78, 5) is 11.9. The third-order valence-electron chi connectivity index (χ3n) is 6.40. The number of nitrogens with one attached hydrogen (secondary N) is 3. The van der Waals surface area contributed by atoms with Crippen LogP contribution >= 0.6 is 0 Å². The molecule has 1 aliphatic heterocycles. The quantitative estimate of drug-likeness (QED) is 0.485. The Morgan fingerprint density at radius 1 is 0.909 bits per heavy atom. The zero-order valence-corrected chi connectivity index (χ0v) is 18.9. The molecule has 0 spiro atoms. The lowest BCUT2D eigenvalue weighted by molar-refractivity contribution is 0.462. The van der Waals surface area contributed by atoms with Crippen molar-refractivity contribution in [3.63, 3.8) is 0 Å². The van der Waals surface area contributed by atoms with E-state index < -0.39 is 0 Å². The number of halogens is 1. The Morgan fingerprint density at radius 2 is 1.70 bits per heavy atom. The van der Waals surface area contributed by atoms with Crippen LogP contribution in [0, 0.1) is 5.82 Å². The molecule has 1 saturated carbocycles. The van der Waals surface area contributed by atoms with E-state index in [2.05, 4.69) is 44.0 Å². The van der Waals surface area contributed by atoms with Crippen LogP contribution in [0.5, 0.6) is 0 Å². The highest BCUT2D eigenvalue weighted by Crippen LogP contribution is 2.30. The van der Waals surface area contributed by atoms with Gasteiger partial charge in [-0.25, -0.2) is 14.4 Å². The molecule has 2 aromatic heterocycles. The van der Waals surface area contributed by atoms with Gasteiger partial charge in [-0.1, -0.05) is 19.3 Å². The van der Waals surface area contributed by atoms with Crippen LogP contribution in [0.1, 0.15) is 32.1 Å². The van der Waals surface area contributed by atoms with E-state index in [1.54, 1.807) is 12.1 Å². The smallest absolute Gasteiger partial charge is 0.131 e. The number of piperazine rings is 1. The number of pyridine rings is 2. The standard InChI is InChI=1S/C26H31FN6/c27-20-6-8-22(9-7-20)30-23-17-24(32-26(18-23)33-14-12-28-13-15-33)19-10-11-29-25(16-19)31-21-4-2-1-3-5-21/h6-11,16-18,21,28H,1-5,12-15H2,(H,29,31)(H,30,32). The van der Waals surface area contributed by atoms with Crippen molar-refractivity contribution in [2.24, 2.45) is 0 Å². The number of aromatic nitrogens is 2. The van der Waals surface area contributed by atoms with Crippen LogP contribution in [0.3, 0.4) is 0 Å². The van der Waals surface area contributed by atoms with E-state index in [1.165, 1.54) is 44.2 Å². The van der Waals surface area contributed by atoms with Gasteiger partial charge in [0.15, 0.2) is 0 Å². The molecule has 1 saturated heterocycles. The number of hydrogen-bond donors (Lipinski definition) is 3. The first-order valence-electron chi connectivity index (χ1n) is 12.0. The van der Waals surface area contributed by atoms with Crippen molar-refractivity contribution in [2.75, 3.05) is 41.7 Å². The van der Waals surface area contributed by atoms with Crippen molar-refractivity contribution in [3.8, 4) is 11.3 Å². The molecule has 33 heavy (non-hydrogen) atoms. The van der Waals surface area contributed by atoms with Crippen molar-refractivity contribution in [2.45, 2.75) is 38.1 Å². The number of rotatable bonds is 6. The third kappa shape index (κ3) is 5.60. The Balaban J connectivity index is 1.45. The molecule has 0 atom stereocenters. The molecule has 6 nitrogen and oxygen atoms in total. The molecule has 2 fully saturated rings. The van der Waals surface area contributed by atoms with Crippen LogP contribution in [-0.2, 0) is 0 Å². The fraction of sp³-hybridized carbons (Fsp3) is 0.385. The first kappa shape index (κ1) is 21.6. The lowest BCUT2D eigenvalue weighted by Gasteiger charge is -2.29. The Labute approximate surface area is 194 Å². The second-order valence-electron chi connectivity index (χ2n) is 8.88. The van der Waals surface area contributed by atoms with Gasteiger partial charge < -0.3 is 20.9 Å². The average molecular weight is 447 g/mol. The van der Waals surface area contributed by atoms with Gasteiger partial charge in [0.25, 0.3) is 0 Å². The van der Waals surface area contributed by atoms with Crippen LogP contribution in [0.15, 0.2) is 54.7 Å². The maximum Gasteiger partial charge on any atom is 0.131 e. The van der Waals surface area contributed by atoms with Gasteiger partial charge in [-0.15, -0.1) is 0 Å². The van der Waals surface area contributed by atoms with Crippen LogP contribution < -0.4 is 20.9 Å². The van der Waals surface area contributed by atoms with E-state index in [0.29, 0.717) is 6.04 Å². The number of anilines is 4. The molecule has 3 heterocycles. The van der Waals surface area contributed by atoms with Crippen molar-refractivity contribution < 1.29 is 4.39 Å². The fourth-order valence-electron chi connectivity index (χ4n) is 4.62. The van der Waals surface area contributed by atoms with Gasteiger partial charge in [0.2, 0.25) is 0 Å². The minimum absolute atomic E-state index is 0.243. The molecule has 1 aromatic carbocycles. The highest BCUT2D eigenvalue weighted by atomic mass is 19.1. The number of nitrogens with zero attached hydrogens (tertiary/aromatic N) is 3.